The summed E-state index contributed by atoms with van der Waals surface area (Å²) >= 11 is 0. The number of likely N-dealkylation sites (tertiary alicyclic amines) is 1. The first-order valence-corrected chi connectivity index (χ1v) is 13.3. The van der Waals surface area contributed by atoms with Crippen molar-refractivity contribution in [3.05, 3.63) is 95.6 Å². The molecule has 1 saturated heterocycles. The summed E-state index contributed by atoms with van der Waals surface area (Å²) in [6, 6.07) is 26.5. The number of carboxylic acid groups (broad SMARTS) is 2. The van der Waals surface area contributed by atoms with E-state index < -0.39 is 11.9 Å². The molecule has 10 nitrogen and oxygen atoms in total. The van der Waals surface area contributed by atoms with Crippen LogP contribution in [0.5, 0.6) is 0 Å². The zero-order valence-electron chi connectivity index (χ0n) is 23.0. The number of hydrogen-bond donors (Lipinski definition) is 4. The average Bonchev–Trinajstić information content (AvgIpc) is 2.98. The van der Waals surface area contributed by atoms with Crippen LogP contribution in [0.2, 0.25) is 0 Å². The quantitative estimate of drug-likeness (QED) is 0.307. The van der Waals surface area contributed by atoms with Crippen molar-refractivity contribution in [3.63, 3.8) is 0 Å². The first-order valence-electron chi connectivity index (χ1n) is 13.3. The van der Waals surface area contributed by atoms with Crippen molar-refractivity contribution in [1.29, 1.82) is 0 Å². The molecule has 1 aliphatic heterocycles. The molecular formula is C31H36N4O6. The van der Waals surface area contributed by atoms with Gasteiger partial charge in [0.15, 0.2) is 0 Å². The van der Waals surface area contributed by atoms with Crippen LogP contribution in [0.4, 0.5) is 0 Å². The Bertz CT molecular complexity index is 1310. The lowest BCUT2D eigenvalue weighted by Crippen LogP contribution is -2.44. The normalized spacial score (nSPS) is 13.4. The van der Waals surface area contributed by atoms with Crippen LogP contribution in [0.25, 0.3) is 11.1 Å². The largest absolute Gasteiger partial charge is 0.473 e. The monoisotopic (exact) mass is 560 g/mol. The second-order valence-electron chi connectivity index (χ2n) is 9.85. The number of rotatable bonds is 8. The van der Waals surface area contributed by atoms with E-state index in [4.69, 9.17) is 25.5 Å². The van der Waals surface area contributed by atoms with Gasteiger partial charge in [0.05, 0.1) is 6.54 Å². The number of carbonyl (C=O) groups excluding carboxylic acids is 2. The summed E-state index contributed by atoms with van der Waals surface area (Å²) in [6.45, 7) is 3.45. The van der Waals surface area contributed by atoms with Gasteiger partial charge in [-0.3, -0.25) is 14.5 Å². The lowest BCUT2D eigenvalue weighted by atomic mass is 10.0. The summed E-state index contributed by atoms with van der Waals surface area (Å²) in [5.41, 5.74) is 10.6. The number of nitrogens with zero attached hydrogens (tertiary/aromatic N) is 2. The number of carbonyl (C=O) groups is 4. The fourth-order valence-electron chi connectivity index (χ4n) is 4.53. The first-order chi connectivity index (χ1) is 19.7. The molecule has 0 spiro atoms. The highest BCUT2D eigenvalue weighted by molar-refractivity contribution is 6.27. The molecule has 0 atom stereocenters. The third kappa shape index (κ3) is 9.86. The smallest absolute Gasteiger partial charge is 0.414 e. The van der Waals surface area contributed by atoms with E-state index in [1.165, 1.54) is 5.56 Å². The van der Waals surface area contributed by atoms with Gasteiger partial charge in [-0.25, -0.2) is 9.59 Å². The van der Waals surface area contributed by atoms with Gasteiger partial charge in [-0.1, -0.05) is 60.7 Å². The minimum absolute atomic E-state index is 0.00647. The molecule has 0 aromatic heterocycles. The SMILES string of the molecule is CN(Cc1cccc(-c2ccc(C(=O)NC3CCN(Cc4ccccc4)CC3)cc2)c1)C(=O)CN.O=C(O)C(=O)O. The highest BCUT2D eigenvalue weighted by Crippen LogP contribution is 2.22. The summed E-state index contributed by atoms with van der Waals surface area (Å²) < 4.78 is 0. The van der Waals surface area contributed by atoms with E-state index in [-0.39, 0.29) is 24.4 Å². The molecule has 2 amide bonds. The molecule has 10 heteroatoms. The summed E-state index contributed by atoms with van der Waals surface area (Å²) in [6.07, 6.45) is 1.93. The molecule has 0 bridgehead atoms. The van der Waals surface area contributed by atoms with E-state index >= 15 is 0 Å². The Morgan fingerprint density at radius 1 is 0.854 bits per heavy atom. The third-order valence-electron chi connectivity index (χ3n) is 6.78. The van der Waals surface area contributed by atoms with Crippen molar-refractivity contribution in [1.82, 2.24) is 15.1 Å². The number of amides is 2. The van der Waals surface area contributed by atoms with Gasteiger partial charge in [-0.05, 0) is 53.3 Å². The van der Waals surface area contributed by atoms with Gasteiger partial charge in [0.2, 0.25) is 5.91 Å². The number of nitrogens with two attached hydrogens (primary N) is 1. The van der Waals surface area contributed by atoms with E-state index in [9.17, 15) is 9.59 Å². The van der Waals surface area contributed by atoms with Crippen molar-refractivity contribution in [3.8, 4) is 11.1 Å². The molecular weight excluding hydrogens is 524 g/mol. The molecule has 216 valence electrons. The lowest BCUT2D eigenvalue weighted by Gasteiger charge is -2.32. The number of benzene rings is 3. The lowest BCUT2D eigenvalue weighted by molar-refractivity contribution is -0.159. The van der Waals surface area contributed by atoms with Crippen molar-refractivity contribution in [2.24, 2.45) is 5.73 Å². The highest BCUT2D eigenvalue weighted by Gasteiger charge is 2.21. The van der Waals surface area contributed by atoms with E-state index in [0.717, 1.165) is 49.2 Å². The zero-order chi connectivity index (χ0) is 29.8. The molecule has 1 heterocycles. The maximum absolute atomic E-state index is 12.8. The van der Waals surface area contributed by atoms with E-state index in [1.807, 2.05) is 48.5 Å². The van der Waals surface area contributed by atoms with E-state index in [1.54, 1.807) is 11.9 Å². The van der Waals surface area contributed by atoms with Crippen molar-refractivity contribution >= 4 is 23.8 Å². The molecule has 1 fully saturated rings. The van der Waals surface area contributed by atoms with E-state index in [2.05, 4.69) is 40.5 Å². The fourth-order valence-corrected chi connectivity index (χ4v) is 4.53. The molecule has 3 aromatic carbocycles. The topological polar surface area (TPSA) is 153 Å². The molecule has 41 heavy (non-hydrogen) atoms. The van der Waals surface area contributed by atoms with Gasteiger partial charge in [0.25, 0.3) is 5.91 Å². The maximum atomic E-state index is 12.8. The van der Waals surface area contributed by atoms with Crippen LogP contribution in [0, 0.1) is 0 Å². The fraction of sp³-hybridized carbons (Fsp3) is 0.290. The minimum atomic E-state index is -1.82. The number of hydrogen-bond acceptors (Lipinski definition) is 6. The van der Waals surface area contributed by atoms with Crippen LogP contribution < -0.4 is 11.1 Å². The summed E-state index contributed by atoms with van der Waals surface area (Å²) in [7, 11) is 1.75. The van der Waals surface area contributed by atoms with Gasteiger partial charge in [0, 0.05) is 44.8 Å². The molecule has 4 rings (SSSR count). The number of nitrogens with one attached hydrogen (secondary N) is 1. The third-order valence-corrected chi connectivity index (χ3v) is 6.78. The Balaban J connectivity index is 0.000000696. The highest BCUT2D eigenvalue weighted by atomic mass is 16.4. The summed E-state index contributed by atoms with van der Waals surface area (Å²) in [5, 5.41) is 18.0. The number of aliphatic carboxylic acids is 2. The predicted octanol–water partition coefficient (Wildman–Crippen LogP) is 2.82. The Labute approximate surface area is 239 Å². The van der Waals surface area contributed by atoms with Crippen LogP contribution in [0.1, 0.15) is 34.3 Å². The first kappa shape index (κ1) is 31.0. The van der Waals surface area contributed by atoms with Gasteiger partial charge in [-0.2, -0.15) is 0 Å². The molecule has 0 unspecified atom stereocenters. The molecule has 1 aliphatic rings. The Hall–Kier alpha value is -4.54. The Morgan fingerprint density at radius 2 is 1.46 bits per heavy atom. The van der Waals surface area contributed by atoms with Crippen LogP contribution in [0.15, 0.2) is 78.9 Å². The minimum Gasteiger partial charge on any atom is -0.473 e. The van der Waals surface area contributed by atoms with Crippen molar-refractivity contribution in [2.45, 2.75) is 32.0 Å². The van der Waals surface area contributed by atoms with Gasteiger partial charge in [0.1, 0.15) is 0 Å². The van der Waals surface area contributed by atoms with Gasteiger partial charge in [-0.15, -0.1) is 0 Å². The Morgan fingerprint density at radius 3 is 2.05 bits per heavy atom. The van der Waals surface area contributed by atoms with Crippen LogP contribution in [-0.2, 0) is 27.5 Å². The number of piperidine rings is 1. The van der Waals surface area contributed by atoms with Crippen LogP contribution in [0.3, 0.4) is 0 Å². The average molecular weight is 561 g/mol. The van der Waals surface area contributed by atoms with Crippen LogP contribution >= 0.6 is 0 Å². The number of carboxylic acids is 2. The van der Waals surface area contributed by atoms with Crippen LogP contribution in [-0.4, -0.2) is 76.5 Å². The second-order valence-corrected chi connectivity index (χ2v) is 9.85. The summed E-state index contributed by atoms with van der Waals surface area (Å²) in [4.78, 5) is 46.9. The molecule has 0 saturated carbocycles. The molecule has 5 N–H and O–H groups in total. The Kier molecular flexibility index (Phi) is 11.6. The summed E-state index contributed by atoms with van der Waals surface area (Å²) in [5.74, 6) is -3.76. The van der Waals surface area contributed by atoms with Crippen molar-refractivity contribution in [2.75, 3.05) is 26.7 Å². The molecule has 0 radical (unpaired) electrons. The number of likely N-dealkylation sites (N-methyl/N-ethyl adjacent to an activating group) is 1. The van der Waals surface area contributed by atoms with Gasteiger partial charge < -0.3 is 26.2 Å². The second kappa shape index (κ2) is 15.3. The van der Waals surface area contributed by atoms with Crippen molar-refractivity contribution < 1.29 is 29.4 Å². The molecule has 3 aromatic rings. The van der Waals surface area contributed by atoms with Gasteiger partial charge >= 0.3 is 11.9 Å². The predicted molar refractivity (Wildman–Crippen MR) is 155 cm³/mol. The van der Waals surface area contributed by atoms with E-state index in [0.29, 0.717) is 12.1 Å². The zero-order valence-corrected chi connectivity index (χ0v) is 23.0. The standard InChI is InChI=1S/C29H34N4O2.C2H2O4/c1-32(28(34)19-30)20-23-8-5-9-26(18-23)24-10-12-25(13-11-24)29(35)31-27-14-16-33(17-15-27)21-22-6-3-2-4-7-22;3-1(4)2(5)6/h2-13,18,27H,14-17,19-21,30H2,1H3,(H,31,35);(H,3,4)(H,5,6). The molecule has 0 aliphatic carbocycles. The maximum Gasteiger partial charge on any atom is 0.414 e.